The van der Waals surface area contributed by atoms with Crippen molar-refractivity contribution in [2.75, 3.05) is 52.4 Å². The van der Waals surface area contributed by atoms with Crippen molar-refractivity contribution >= 4 is 41.0 Å². The van der Waals surface area contributed by atoms with E-state index in [9.17, 15) is 23.6 Å². The molecule has 1 aromatic rings. The summed E-state index contributed by atoms with van der Waals surface area (Å²) in [5.41, 5.74) is 0.231. The molecule has 9 nitrogen and oxygen atoms in total. The van der Waals surface area contributed by atoms with Crippen molar-refractivity contribution in [2.45, 2.75) is 6.92 Å². The predicted octanol–water partition coefficient (Wildman–Crippen LogP) is 1.75. The minimum absolute atomic E-state index is 0.0294. The second kappa shape index (κ2) is 11.1. The van der Waals surface area contributed by atoms with Crippen LogP contribution in [-0.4, -0.2) is 90.3 Å². The van der Waals surface area contributed by atoms with Crippen LogP contribution in [0.2, 0.25) is 0 Å². The van der Waals surface area contributed by atoms with Crippen molar-refractivity contribution < 1.29 is 28.3 Å². The molecule has 172 valence electrons. The van der Waals surface area contributed by atoms with Gasteiger partial charge in [0.05, 0.1) is 18.1 Å². The van der Waals surface area contributed by atoms with Gasteiger partial charge in [0.2, 0.25) is 5.91 Å². The lowest BCUT2D eigenvalue weighted by molar-refractivity contribution is -0.125. The molecule has 0 spiro atoms. The Morgan fingerprint density at radius 1 is 1.19 bits per heavy atom. The molecule has 3 rings (SSSR count). The van der Waals surface area contributed by atoms with E-state index in [1.165, 1.54) is 18.2 Å². The van der Waals surface area contributed by atoms with E-state index in [0.717, 1.165) is 16.7 Å². The molecule has 4 amide bonds. The highest BCUT2D eigenvalue weighted by atomic mass is 32.2. The molecule has 0 bridgehead atoms. The van der Waals surface area contributed by atoms with E-state index in [2.05, 4.69) is 5.32 Å². The summed E-state index contributed by atoms with van der Waals surface area (Å²) in [6.45, 7) is 4.45. The van der Waals surface area contributed by atoms with Crippen LogP contribution in [0.3, 0.4) is 0 Å². The van der Waals surface area contributed by atoms with Gasteiger partial charge < -0.3 is 15.0 Å². The zero-order valence-electron chi connectivity index (χ0n) is 17.7. The maximum absolute atomic E-state index is 13.8. The molecule has 2 aliphatic heterocycles. The fourth-order valence-electron chi connectivity index (χ4n) is 3.30. The monoisotopic (exact) mass is 464 g/mol. The number of rotatable bonds is 7. The zero-order valence-corrected chi connectivity index (χ0v) is 18.5. The van der Waals surface area contributed by atoms with Crippen LogP contribution in [0.15, 0.2) is 29.2 Å². The number of imide groups is 1. The number of benzene rings is 1. The average molecular weight is 465 g/mol. The minimum Gasteiger partial charge on any atom is -0.450 e. The van der Waals surface area contributed by atoms with Crippen LogP contribution in [0, 0.1) is 5.82 Å². The lowest BCUT2D eigenvalue weighted by atomic mass is 10.2. The second-order valence-corrected chi connectivity index (χ2v) is 8.16. The van der Waals surface area contributed by atoms with E-state index >= 15 is 0 Å². The number of thioether (sulfide) groups is 1. The van der Waals surface area contributed by atoms with E-state index in [0.29, 0.717) is 32.8 Å². The molecule has 0 radical (unpaired) electrons. The third-order valence-corrected chi connectivity index (χ3v) is 5.90. The summed E-state index contributed by atoms with van der Waals surface area (Å²) in [6, 6.07) is 5.99. The number of nitrogens with zero attached hydrogens (tertiary/aromatic N) is 3. The third kappa shape index (κ3) is 6.07. The fraction of sp³-hybridized carbons (Fsp3) is 0.429. The topological polar surface area (TPSA) is 99.3 Å². The Morgan fingerprint density at radius 3 is 2.59 bits per heavy atom. The molecular formula is C21H25FN4O5S. The summed E-state index contributed by atoms with van der Waals surface area (Å²) in [4.78, 5) is 53.3. The number of hydrogen-bond donors (Lipinski definition) is 1. The van der Waals surface area contributed by atoms with Gasteiger partial charge in [0.15, 0.2) is 0 Å². The van der Waals surface area contributed by atoms with Crippen LogP contribution >= 0.6 is 11.8 Å². The number of piperazine rings is 1. The summed E-state index contributed by atoms with van der Waals surface area (Å²) < 4.78 is 18.8. The molecule has 2 aliphatic rings. The van der Waals surface area contributed by atoms with Crippen LogP contribution in [0.1, 0.15) is 12.5 Å². The Labute approximate surface area is 189 Å². The summed E-state index contributed by atoms with van der Waals surface area (Å²) in [5, 5.41) is 2.25. The molecule has 1 aromatic carbocycles. The van der Waals surface area contributed by atoms with E-state index < -0.39 is 17.0 Å². The maximum Gasteiger partial charge on any atom is 0.409 e. The number of carbonyl (C=O) groups excluding carboxylic acids is 4. The number of carbonyl (C=O) groups is 4. The second-order valence-electron chi connectivity index (χ2n) is 7.17. The van der Waals surface area contributed by atoms with E-state index in [4.69, 9.17) is 4.74 Å². The summed E-state index contributed by atoms with van der Waals surface area (Å²) in [7, 11) is 0. The molecule has 0 aromatic heterocycles. The Kier molecular flexibility index (Phi) is 8.23. The highest BCUT2D eigenvalue weighted by Crippen LogP contribution is 2.32. The Balaban J connectivity index is 1.42. The normalized spacial score (nSPS) is 18.4. The molecule has 0 atom stereocenters. The largest absolute Gasteiger partial charge is 0.450 e. The lowest BCUT2D eigenvalue weighted by Crippen LogP contribution is -2.51. The first kappa shape index (κ1) is 23.7. The first-order chi connectivity index (χ1) is 15.4. The van der Waals surface area contributed by atoms with Crippen molar-refractivity contribution in [1.29, 1.82) is 0 Å². The van der Waals surface area contributed by atoms with Crippen LogP contribution < -0.4 is 5.32 Å². The van der Waals surface area contributed by atoms with Gasteiger partial charge in [-0.25, -0.2) is 9.18 Å². The zero-order chi connectivity index (χ0) is 23.1. The Bertz CT molecular complexity index is 917. The van der Waals surface area contributed by atoms with Gasteiger partial charge in [0.1, 0.15) is 5.82 Å². The van der Waals surface area contributed by atoms with E-state index in [1.54, 1.807) is 24.0 Å². The smallest absolute Gasteiger partial charge is 0.409 e. The summed E-state index contributed by atoms with van der Waals surface area (Å²) >= 11 is 0.747. The number of hydrogen-bond acceptors (Lipinski definition) is 7. The van der Waals surface area contributed by atoms with Gasteiger partial charge in [0.25, 0.3) is 11.1 Å². The van der Waals surface area contributed by atoms with Crippen molar-refractivity contribution in [3.05, 3.63) is 40.6 Å². The third-order valence-electron chi connectivity index (χ3n) is 4.99. The van der Waals surface area contributed by atoms with Gasteiger partial charge in [-0.1, -0.05) is 18.2 Å². The van der Waals surface area contributed by atoms with Gasteiger partial charge in [-0.3, -0.25) is 24.2 Å². The first-order valence-electron chi connectivity index (χ1n) is 10.3. The van der Waals surface area contributed by atoms with Crippen molar-refractivity contribution in [1.82, 2.24) is 20.0 Å². The molecular weight excluding hydrogens is 439 g/mol. The van der Waals surface area contributed by atoms with Crippen molar-refractivity contribution in [3.8, 4) is 0 Å². The van der Waals surface area contributed by atoms with Gasteiger partial charge >= 0.3 is 6.09 Å². The molecule has 0 aliphatic carbocycles. The molecule has 0 saturated carbocycles. The lowest BCUT2D eigenvalue weighted by Gasteiger charge is -2.33. The maximum atomic E-state index is 13.8. The quantitative estimate of drug-likeness (QED) is 0.614. The summed E-state index contributed by atoms with van der Waals surface area (Å²) in [6.07, 6.45) is 1.01. The Hall–Kier alpha value is -2.92. The minimum atomic E-state index is -0.507. The standard InChI is InChI=1S/C21H25FN4O5S/c1-2-31-20(29)25-11-9-24(10-12-25)14-18(27)23-7-8-26-19(28)17(32-21(26)30)13-15-5-3-4-6-16(15)22/h3-6,13H,2,7-12,14H2,1H3,(H,23,27)/b17-13-. The van der Waals surface area contributed by atoms with Gasteiger partial charge in [-0.15, -0.1) is 0 Å². The highest BCUT2D eigenvalue weighted by molar-refractivity contribution is 8.18. The predicted molar refractivity (Wildman–Crippen MR) is 117 cm³/mol. The molecule has 0 unspecified atom stereocenters. The van der Waals surface area contributed by atoms with Crippen LogP contribution in [-0.2, 0) is 14.3 Å². The molecule has 11 heteroatoms. The van der Waals surface area contributed by atoms with Crippen LogP contribution in [0.25, 0.3) is 6.08 Å². The number of ether oxygens (including phenoxy) is 1. The fourth-order valence-corrected chi connectivity index (χ4v) is 4.15. The van der Waals surface area contributed by atoms with E-state index in [1.807, 2.05) is 4.90 Å². The van der Waals surface area contributed by atoms with E-state index in [-0.39, 0.29) is 42.1 Å². The molecule has 2 fully saturated rings. The highest BCUT2D eigenvalue weighted by Gasteiger charge is 2.35. The molecule has 1 N–H and O–H groups in total. The molecule has 2 heterocycles. The average Bonchev–Trinajstić information content (AvgIpc) is 3.03. The van der Waals surface area contributed by atoms with Crippen molar-refractivity contribution in [3.63, 3.8) is 0 Å². The SMILES string of the molecule is CCOC(=O)N1CCN(CC(=O)NCCN2C(=O)S/C(=C\c3ccccc3F)C2=O)CC1. The van der Waals surface area contributed by atoms with Gasteiger partial charge in [-0.2, -0.15) is 0 Å². The Morgan fingerprint density at radius 2 is 1.91 bits per heavy atom. The number of halogens is 1. The number of amides is 4. The van der Waals surface area contributed by atoms with Crippen LogP contribution in [0.4, 0.5) is 14.0 Å². The van der Waals surface area contributed by atoms with Gasteiger partial charge in [-0.05, 0) is 30.8 Å². The first-order valence-corrected chi connectivity index (χ1v) is 11.1. The van der Waals surface area contributed by atoms with Crippen LogP contribution in [0.5, 0.6) is 0 Å². The molecule has 2 saturated heterocycles. The molecule has 32 heavy (non-hydrogen) atoms. The number of nitrogens with one attached hydrogen (secondary N) is 1. The van der Waals surface area contributed by atoms with Gasteiger partial charge in [0, 0.05) is 44.8 Å². The summed E-state index contributed by atoms with van der Waals surface area (Å²) in [5.74, 6) is -1.22. The van der Waals surface area contributed by atoms with Crippen molar-refractivity contribution in [2.24, 2.45) is 0 Å².